The van der Waals surface area contributed by atoms with E-state index in [9.17, 15) is 0 Å². The number of alkyl halides is 1. The Hall–Kier alpha value is -0.930. The maximum Gasteiger partial charge on any atom is 0.161 e. The highest BCUT2D eigenvalue weighted by atomic mass is 35.5. The molecule has 0 N–H and O–H groups in total. The summed E-state index contributed by atoms with van der Waals surface area (Å²) in [7, 11) is 3.36. The van der Waals surface area contributed by atoms with Gasteiger partial charge < -0.3 is 14.2 Å². The van der Waals surface area contributed by atoms with Gasteiger partial charge >= 0.3 is 0 Å². The van der Waals surface area contributed by atoms with Crippen molar-refractivity contribution in [2.45, 2.75) is 45.1 Å². The lowest BCUT2D eigenvalue weighted by Gasteiger charge is -2.42. The van der Waals surface area contributed by atoms with E-state index in [0.29, 0.717) is 11.8 Å². The molecular weight excluding hydrogens is 300 g/mol. The van der Waals surface area contributed by atoms with Crippen molar-refractivity contribution >= 4 is 11.6 Å². The van der Waals surface area contributed by atoms with Crippen LogP contribution in [0.5, 0.6) is 11.5 Å². The van der Waals surface area contributed by atoms with Gasteiger partial charge in [0.05, 0.1) is 26.4 Å². The molecule has 0 bridgehead atoms. The van der Waals surface area contributed by atoms with E-state index in [4.69, 9.17) is 25.8 Å². The summed E-state index contributed by atoms with van der Waals surface area (Å²) in [5.41, 5.74) is 2.25. The van der Waals surface area contributed by atoms with E-state index >= 15 is 0 Å². The molecule has 0 saturated heterocycles. The van der Waals surface area contributed by atoms with Crippen LogP contribution in [0.4, 0.5) is 0 Å². The van der Waals surface area contributed by atoms with Crippen LogP contribution in [0.3, 0.4) is 0 Å². The van der Waals surface area contributed by atoms with E-state index in [0.717, 1.165) is 43.8 Å². The number of hydrogen-bond acceptors (Lipinski definition) is 3. The molecule has 22 heavy (non-hydrogen) atoms. The van der Waals surface area contributed by atoms with Crippen LogP contribution in [0, 0.1) is 5.92 Å². The van der Waals surface area contributed by atoms with Crippen LogP contribution >= 0.6 is 11.6 Å². The van der Waals surface area contributed by atoms with Gasteiger partial charge in [-0.15, -0.1) is 11.6 Å². The molecule has 1 aliphatic rings. The lowest BCUT2D eigenvalue weighted by molar-refractivity contribution is -0.0925. The zero-order valence-corrected chi connectivity index (χ0v) is 14.8. The molecule has 3 nitrogen and oxygen atoms in total. The second-order valence-corrected chi connectivity index (χ2v) is 6.38. The minimum Gasteiger partial charge on any atom is -0.493 e. The highest BCUT2D eigenvalue weighted by Crippen LogP contribution is 2.45. The number of rotatable bonds is 7. The second-order valence-electron chi connectivity index (χ2n) is 6.01. The summed E-state index contributed by atoms with van der Waals surface area (Å²) < 4.78 is 17.2. The summed E-state index contributed by atoms with van der Waals surface area (Å²) in [5.74, 6) is 2.71. The zero-order valence-electron chi connectivity index (χ0n) is 14.1. The Bertz CT molecular complexity index is 503. The molecule has 2 unspecified atom stereocenters. The van der Waals surface area contributed by atoms with E-state index < -0.39 is 0 Å². The summed E-state index contributed by atoms with van der Waals surface area (Å²) in [6.45, 7) is 5.18. The third-order valence-electron chi connectivity index (χ3n) is 4.88. The Morgan fingerprint density at radius 3 is 2.55 bits per heavy atom. The van der Waals surface area contributed by atoms with E-state index in [2.05, 4.69) is 26.0 Å². The van der Waals surface area contributed by atoms with Crippen LogP contribution in [0.2, 0.25) is 0 Å². The van der Waals surface area contributed by atoms with Gasteiger partial charge in [-0.2, -0.15) is 0 Å². The first-order chi connectivity index (χ1) is 10.6. The van der Waals surface area contributed by atoms with Crippen molar-refractivity contribution in [2.24, 2.45) is 5.92 Å². The van der Waals surface area contributed by atoms with Crippen molar-refractivity contribution in [2.75, 3.05) is 26.7 Å². The lowest BCUT2D eigenvalue weighted by Crippen LogP contribution is -2.39. The highest BCUT2D eigenvalue weighted by molar-refractivity contribution is 6.17. The first kappa shape index (κ1) is 17.4. The lowest BCUT2D eigenvalue weighted by atomic mass is 9.75. The first-order valence-electron chi connectivity index (χ1n) is 8.06. The van der Waals surface area contributed by atoms with Gasteiger partial charge in [-0.25, -0.2) is 0 Å². The third kappa shape index (κ3) is 3.21. The molecule has 0 radical (unpaired) electrons. The molecule has 0 aromatic heterocycles. The summed E-state index contributed by atoms with van der Waals surface area (Å²) >= 11 is 5.90. The van der Waals surface area contributed by atoms with Crippen LogP contribution in [0.15, 0.2) is 12.1 Å². The van der Waals surface area contributed by atoms with Gasteiger partial charge in [0, 0.05) is 5.88 Å². The summed E-state index contributed by atoms with van der Waals surface area (Å²) in [4.78, 5) is 0. The summed E-state index contributed by atoms with van der Waals surface area (Å²) in [6.07, 6.45) is 4.07. The van der Waals surface area contributed by atoms with Crippen LogP contribution in [-0.2, 0) is 16.8 Å². The predicted octanol–water partition coefficient (Wildman–Crippen LogP) is 4.54. The normalized spacial score (nSPS) is 22.0. The highest BCUT2D eigenvalue weighted by Gasteiger charge is 2.40. The topological polar surface area (TPSA) is 27.7 Å². The molecule has 1 aromatic rings. The molecule has 1 heterocycles. The van der Waals surface area contributed by atoms with Crippen molar-refractivity contribution < 1.29 is 14.2 Å². The fourth-order valence-corrected chi connectivity index (χ4v) is 3.73. The number of methoxy groups -OCH3 is 2. The second kappa shape index (κ2) is 7.56. The molecule has 2 rings (SSSR count). The Morgan fingerprint density at radius 1 is 1.27 bits per heavy atom. The van der Waals surface area contributed by atoms with Crippen molar-refractivity contribution in [3.63, 3.8) is 0 Å². The molecule has 1 aromatic carbocycles. The molecular formula is C18H27ClO3. The Labute approximate surface area is 138 Å². The summed E-state index contributed by atoms with van der Waals surface area (Å²) in [5, 5.41) is 0. The first-order valence-corrected chi connectivity index (χ1v) is 8.59. The maximum atomic E-state index is 6.28. The van der Waals surface area contributed by atoms with Gasteiger partial charge in [0.15, 0.2) is 11.5 Å². The zero-order chi connectivity index (χ0) is 16.2. The van der Waals surface area contributed by atoms with Crippen molar-refractivity contribution in [1.29, 1.82) is 0 Å². The number of halogens is 1. The van der Waals surface area contributed by atoms with Gasteiger partial charge in [0.1, 0.15) is 0 Å². The van der Waals surface area contributed by atoms with E-state index in [1.165, 1.54) is 11.1 Å². The van der Waals surface area contributed by atoms with Crippen LogP contribution < -0.4 is 9.47 Å². The fourth-order valence-electron chi connectivity index (χ4n) is 3.57. The van der Waals surface area contributed by atoms with Crippen molar-refractivity contribution in [3.05, 3.63) is 23.3 Å². The maximum absolute atomic E-state index is 6.28. The number of ether oxygens (including phenoxy) is 3. The van der Waals surface area contributed by atoms with Crippen LogP contribution in [-0.4, -0.2) is 26.7 Å². The Balaban J connectivity index is 2.45. The van der Waals surface area contributed by atoms with Gasteiger partial charge in [0.2, 0.25) is 0 Å². The minimum absolute atomic E-state index is 0.284. The van der Waals surface area contributed by atoms with E-state index in [1.54, 1.807) is 14.2 Å². The van der Waals surface area contributed by atoms with Gasteiger partial charge in [-0.3, -0.25) is 0 Å². The van der Waals surface area contributed by atoms with Crippen LogP contribution in [0.1, 0.15) is 44.2 Å². The third-order valence-corrected chi connectivity index (χ3v) is 5.14. The number of fused-ring (bicyclic) bond motifs is 1. The SMILES string of the molecule is CCC(CCCCl)C1(C)OCCc2cc(OC)c(OC)cc21. The van der Waals surface area contributed by atoms with Crippen molar-refractivity contribution in [1.82, 2.24) is 0 Å². The van der Waals surface area contributed by atoms with Gasteiger partial charge in [-0.05, 0) is 55.4 Å². The number of benzene rings is 1. The molecule has 4 heteroatoms. The minimum atomic E-state index is -0.284. The average Bonchev–Trinajstić information content (AvgIpc) is 2.54. The molecule has 1 aliphatic heterocycles. The standard InChI is InChI=1S/C18H27ClO3/c1-5-14(7-6-9-19)18(2)15-12-17(21-4)16(20-3)11-13(15)8-10-22-18/h11-12,14H,5-10H2,1-4H3. The predicted molar refractivity (Wildman–Crippen MR) is 90.3 cm³/mol. The fraction of sp³-hybridized carbons (Fsp3) is 0.667. The van der Waals surface area contributed by atoms with Crippen LogP contribution in [0.25, 0.3) is 0 Å². The Kier molecular flexibility index (Phi) is 5.99. The summed E-state index contributed by atoms with van der Waals surface area (Å²) in [6, 6.07) is 4.19. The molecule has 0 fully saturated rings. The smallest absolute Gasteiger partial charge is 0.161 e. The Morgan fingerprint density at radius 2 is 1.95 bits per heavy atom. The van der Waals surface area contributed by atoms with E-state index in [1.807, 2.05) is 0 Å². The quantitative estimate of drug-likeness (QED) is 0.689. The molecule has 124 valence electrons. The molecule has 0 spiro atoms. The molecule has 0 amide bonds. The molecule has 0 saturated carbocycles. The average molecular weight is 327 g/mol. The van der Waals surface area contributed by atoms with Crippen molar-refractivity contribution in [3.8, 4) is 11.5 Å². The van der Waals surface area contributed by atoms with Gasteiger partial charge in [0.25, 0.3) is 0 Å². The number of hydrogen-bond donors (Lipinski definition) is 0. The monoisotopic (exact) mass is 326 g/mol. The van der Waals surface area contributed by atoms with E-state index in [-0.39, 0.29) is 5.60 Å². The molecule has 0 aliphatic carbocycles. The molecule has 2 atom stereocenters. The largest absolute Gasteiger partial charge is 0.493 e. The van der Waals surface area contributed by atoms with Gasteiger partial charge in [-0.1, -0.05) is 13.3 Å².